The molecule has 0 aliphatic heterocycles. The van der Waals surface area contributed by atoms with Crippen molar-refractivity contribution in [3.63, 3.8) is 0 Å². The molecule has 83 valence electrons. The van der Waals surface area contributed by atoms with Gasteiger partial charge in [0.25, 0.3) is 0 Å². The average Bonchev–Trinajstić information content (AvgIpc) is 2.81. The summed E-state index contributed by atoms with van der Waals surface area (Å²) in [6.45, 7) is 4.42. The maximum absolute atomic E-state index is 4.21. The summed E-state index contributed by atoms with van der Waals surface area (Å²) in [4.78, 5) is 4.21. The van der Waals surface area contributed by atoms with Gasteiger partial charge in [0.2, 0.25) is 0 Å². The van der Waals surface area contributed by atoms with E-state index in [1.807, 2.05) is 5.38 Å². The van der Waals surface area contributed by atoms with Crippen molar-refractivity contribution in [2.24, 2.45) is 0 Å². The summed E-state index contributed by atoms with van der Waals surface area (Å²) in [5.41, 5.74) is 7.97. The van der Waals surface area contributed by atoms with E-state index in [4.69, 9.17) is 0 Å². The Kier molecular flexibility index (Phi) is 3.73. The molecule has 1 aromatic heterocycles. The molecule has 0 atom stereocenters. The Balaban J connectivity index is 2.23. The lowest BCUT2D eigenvalue weighted by atomic mass is 10.00. The van der Waals surface area contributed by atoms with Crippen molar-refractivity contribution < 1.29 is 0 Å². The lowest BCUT2D eigenvalue weighted by molar-refractivity contribution is 0.791. The van der Waals surface area contributed by atoms with Gasteiger partial charge in [-0.15, -0.1) is 11.3 Å². The van der Waals surface area contributed by atoms with Crippen molar-refractivity contribution in [2.45, 2.75) is 33.1 Å². The Morgan fingerprint density at radius 3 is 2.88 bits per heavy atom. The van der Waals surface area contributed by atoms with E-state index < -0.39 is 0 Å². The fourth-order valence-corrected chi connectivity index (χ4v) is 2.32. The Morgan fingerprint density at radius 1 is 1.38 bits per heavy atom. The molecule has 0 aliphatic rings. The van der Waals surface area contributed by atoms with Crippen LogP contribution in [-0.4, -0.2) is 4.98 Å². The second-order valence-electron chi connectivity index (χ2n) is 4.07. The fourth-order valence-electron chi connectivity index (χ4n) is 1.82. The van der Waals surface area contributed by atoms with E-state index in [0.29, 0.717) is 0 Å². The lowest BCUT2D eigenvalue weighted by Gasteiger charge is -2.06. The molecule has 1 aromatic carbocycles. The SMILES string of the molecule is CCCCc1ccc(-c2cs[c]n2)cc1C. The number of aromatic nitrogens is 1. The first-order valence-corrected chi connectivity index (χ1v) is 6.60. The maximum atomic E-state index is 4.21. The third-order valence-electron chi connectivity index (χ3n) is 2.83. The Bertz CT molecular complexity index is 446. The standard InChI is InChI=1S/C14H16NS/c1-3-4-5-12-6-7-13(8-11(12)2)14-9-16-10-15-14/h6-9H,3-5H2,1-2H3. The fraction of sp³-hybridized carbons (Fsp3) is 0.357. The molecule has 0 N–H and O–H groups in total. The molecule has 1 nitrogen and oxygen atoms in total. The van der Waals surface area contributed by atoms with Crippen LogP contribution >= 0.6 is 11.3 Å². The van der Waals surface area contributed by atoms with Crippen molar-refractivity contribution in [3.05, 3.63) is 40.2 Å². The van der Waals surface area contributed by atoms with E-state index in [9.17, 15) is 0 Å². The van der Waals surface area contributed by atoms with E-state index in [1.54, 1.807) is 0 Å². The first-order valence-electron chi connectivity index (χ1n) is 5.72. The topological polar surface area (TPSA) is 12.9 Å². The number of rotatable bonds is 4. The van der Waals surface area contributed by atoms with Crippen molar-refractivity contribution in [3.8, 4) is 11.3 Å². The molecule has 0 aliphatic carbocycles. The van der Waals surface area contributed by atoms with Crippen molar-refractivity contribution in [1.82, 2.24) is 4.98 Å². The van der Waals surface area contributed by atoms with Crippen LogP contribution in [0.25, 0.3) is 11.3 Å². The molecule has 0 spiro atoms. The molecule has 1 radical (unpaired) electrons. The lowest BCUT2D eigenvalue weighted by Crippen LogP contribution is -1.90. The van der Waals surface area contributed by atoms with E-state index in [0.717, 1.165) is 5.69 Å². The van der Waals surface area contributed by atoms with E-state index in [1.165, 1.54) is 47.3 Å². The molecular formula is C14H16NS. The summed E-state index contributed by atoms with van der Waals surface area (Å²) in [6, 6.07) is 6.63. The summed E-state index contributed by atoms with van der Waals surface area (Å²) >= 11 is 1.52. The predicted octanol–water partition coefficient (Wildman–Crippen LogP) is 4.26. The summed E-state index contributed by atoms with van der Waals surface area (Å²) < 4.78 is 0. The van der Waals surface area contributed by atoms with Gasteiger partial charge in [0.05, 0.1) is 5.69 Å². The van der Waals surface area contributed by atoms with Gasteiger partial charge in [-0.1, -0.05) is 25.5 Å². The van der Waals surface area contributed by atoms with Crippen LogP contribution in [-0.2, 0) is 6.42 Å². The molecule has 0 fully saturated rings. The first kappa shape index (κ1) is 11.3. The van der Waals surface area contributed by atoms with Crippen LogP contribution in [0, 0.1) is 12.4 Å². The van der Waals surface area contributed by atoms with Crippen LogP contribution in [0.2, 0.25) is 0 Å². The zero-order chi connectivity index (χ0) is 11.4. The molecule has 1 heterocycles. The van der Waals surface area contributed by atoms with Gasteiger partial charge in [0.15, 0.2) is 5.51 Å². The van der Waals surface area contributed by atoms with Gasteiger partial charge >= 0.3 is 0 Å². The number of unbranched alkanes of at least 4 members (excludes halogenated alkanes) is 1. The predicted molar refractivity (Wildman–Crippen MR) is 69.7 cm³/mol. The minimum Gasteiger partial charge on any atom is -0.233 e. The van der Waals surface area contributed by atoms with Gasteiger partial charge in [-0.05, 0) is 37.0 Å². The number of thiazole rings is 1. The highest BCUT2D eigenvalue weighted by Gasteiger charge is 2.03. The highest BCUT2D eigenvalue weighted by molar-refractivity contribution is 7.07. The van der Waals surface area contributed by atoms with E-state index in [-0.39, 0.29) is 0 Å². The highest BCUT2D eigenvalue weighted by atomic mass is 32.1. The largest absolute Gasteiger partial charge is 0.233 e. The molecule has 0 unspecified atom stereocenters. The second kappa shape index (κ2) is 5.26. The quantitative estimate of drug-likeness (QED) is 0.764. The third-order valence-corrected chi connectivity index (χ3v) is 3.37. The van der Waals surface area contributed by atoms with Gasteiger partial charge in [-0.25, -0.2) is 4.98 Å². The number of nitrogens with zero attached hydrogens (tertiary/aromatic N) is 1. The molecule has 0 bridgehead atoms. The van der Waals surface area contributed by atoms with Crippen LogP contribution in [0.1, 0.15) is 30.9 Å². The second-order valence-corrected chi connectivity index (χ2v) is 4.72. The van der Waals surface area contributed by atoms with Crippen molar-refractivity contribution >= 4 is 11.3 Å². The van der Waals surface area contributed by atoms with Crippen LogP contribution in [0.4, 0.5) is 0 Å². The monoisotopic (exact) mass is 230 g/mol. The number of benzene rings is 1. The van der Waals surface area contributed by atoms with Crippen molar-refractivity contribution in [1.29, 1.82) is 0 Å². The molecule has 2 rings (SSSR count). The van der Waals surface area contributed by atoms with Crippen LogP contribution in [0.15, 0.2) is 23.6 Å². The minimum absolute atomic E-state index is 1.04. The number of hydrogen-bond donors (Lipinski definition) is 0. The first-order chi connectivity index (χ1) is 7.81. The molecule has 2 heteroatoms. The van der Waals surface area contributed by atoms with E-state index in [2.05, 4.69) is 42.5 Å². The third kappa shape index (κ3) is 2.50. The Hall–Kier alpha value is -1.15. The minimum atomic E-state index is 1.04. The summed E-state index contributed by atoms with van der Waals surface area (Å²) in [5.74, 6) is 0. The average molecular weight is 230 g/mol. The summed E-state index contributed by atoms with van der Waals surface area (Å²) in [7, 11) is 0. The zero-order valence-electron chi connectivity index (χ0n) is 9.79. The molecular weight excluding hydrogens is 214 g/mol. The normalized spacial score (nSPS) is 10.6. The van der Waals surface area contributed by atoms with E-state index >= 15 is 0 Å². The van der Waals surface area contributed by atoms with Crippen LogP contribution < -0.4 is 0 Å². The zero-order valence-corrected chi connectivity index (χ0v) is 10.6. The van der Waals surface area contributed by atoms with Gasteiger partial charge in [-0.3, -0.25) is 0 Å². The van der Waals surface area contributed by atoms with Gasteiger partial charge in [0, 0.05) is 10.9 Å². The van der Waals surface area contributed by atoms with Crippen molar-refractivity contribution in [2.75, 3.05) is 0 Å². The smallest absolute Gasteiger partial charge is 0.152 e. The van der Waals surface area contributed by atoms with Gasteiger partial charge in [-0.2, -0.15) is 0 Å². The highest BCUT2D eigenvalue weighted by Crippen LogP contribution is 2.22. The summed E-state index contributed by atoms with van der Waals surface area (Å²) in [5, 5.41) is 2.04. The molecule has 0 saturated carbocycles. The molecule has 0 amide bonds. The van der Waals surface area contributed by atoms with Gasteiger partial charge in [0.1, 0.15) is 0 Å². The van der Waals surface area contributed by atoms with Crippen LogP contribution in [0.3, 0.4) is 0 Å². The number of aryl methyl sites for hydroxylation is 2. The van der Waals surface area contributed by atoms with Crippen LogP contribution in [0.5, 0.6) is 0 Å². The number of hydrogen-bond acceptors (Lipinski definition) is 2. The molecule has 0 saturated heterocycles. The Labute approximate surface area is 101 Å². The Morgan fingerprint density at radius 2 is 2.25 bits per heavy atom. The molecule has 2 aromatic rings. The molecule has 16 heavy (non-hydrogen) atoms. The van der Waals surface area contributed by atoms with Gasteiger partial charge < -0.3 is 0 Å². The summed E-state index contributed by atoms with van der Waals surface area (Å²) in [6.07, 6.45) is 3.71. The maximum Gasteiger partial charge on any atom is 0.152 e.